The van der Waals surface area contributed by atoms with Gasteiger partial charge in [-0.25, -0.2) is 9.97 Å². The lowest BCUT2D eigenvalue weighted by Crippen LogP contribution is -2.44. The van der Waals surface area contributed by atoms with Crippen molar-refractivity contribution in [3.05, 3.63) is 24.7 Å². The van der Waals surface area contributed by atoms with Gasteiger partial charge in [0.25, 0.3) is 0 Å². The van der Waals surface area contributed by atoms with Crippen LogP contribution in [0.3, 0.4) is 0 Å². The molecular formula is C16H17N7O5. The van der Waals surface area contributed by atoms with Crippen molar-refractivity contribution in [3.63, 3.8) is 0 Å². The Hall–Kier alpha value is -3.06. The summed E-state index contributed by atoms with van der Waals surface area (Å²) in [6, 6.07) is 3.43. The average Bonchev–Trinajstić information content (AvgIpc) is 3.42. The quantitative estimate of drug-likeness (QED) is 0.353. The van der Waals surface area contributed by atoms with Gasteiger partial charge in [0.05, 0.1) is 19.2 Å². The number of aliphatic hydroxyl groups excluding tert-OH is 2. The Morgan fingerprint density at radius 2 is 2.14 bits per heavy atom. The molecule has 0 aliphatic carbocycles. The van der Waals surface area contributed by atoms with E-state index >= 15 is 0 Å². The van der Waals surface area contributed by atoms with Gasteiger partial charge in [0.1, 0.15) is 17.8 Å². The number of hydrogen-bond donors (Lipinski definition) is 4. The van der Waals surface area contributed by atoms with E-state index in [1.807, 2.05) is 0 Å². The van der Waals surface area contributed by atoms with Gasteiger partial charge in [0.15, 0.2) is 28.8 Å². The summed E-state index contributed by atoms with van der Waals surface area (Å²) in [4.78, 5) is 13.1. The highest BCUT2D eigenvalue weighted by atomic mass is 16.6. The van der Waals surface area contributed by atoms with E-state index in [4.69, 9.17) is 14.9 Å². The maximum atomic E-state index is 10.7. The SMILES string of the molecule is C[C@@]1(O)[C@H](O)[C@@H](CO)O[C@H]1n1cnc2c1nc(N)n1nc(-c3ccco3)nc21. The number of ether oxygens (including phenoxy) is 1. The van der Waals surface area contributed by atoms with Gasteiger partial charge < -0.3 is 30.2 Å². The number of aromatic nitrogens is 6. The third-order valence-corrected chi connectivity index (χ3v) is 4.95. The molecule has 0 saturated carbocycles. The monoisotopic (exact) mass is 387 g/mol. The molecule has 5 rings (SSSR count). The Labute approximate surface area is 156 Å². The molecule has 0 aromatic carbocycles. The molecule has 0 unspecified atom stereocenters. The number of aliphatic hydroxyl groups is 3. The number of hydrogen-bond acceptors (Lipinski definition) is 10. The Kier molecular flexibility index (Phi) is 3.49. The smallest absolute Gasteiger partial charge is 0.225 e. The molecule has 1 aliphatic heterocycles. The van der Waals surface area contributed by atoms with Gasteiger partial charge in [-0.05, 0) is 19.1 Å². The lowest BCUT2D eigenvalue weighted by atomic mass is 9.96. The van der Waals surface area contributed by atoms with Crippen LogP contribution in [0, 0.1) is 0 Å². The lowest BCUT2D eigenvalue weighted by molar-refractivity contribution is -0.0950. The van der Waals surface area contributed by atoms with Crippen LogP contribution in [-0.4, -0.2) is 68.9 Å². The van der Waals surface area contributed by atoms with Crippen molar-refractivity contribution in [2.45, 2.75) is 31.0 Å². The molecule has 4 aromatic rings. The summed E-state index contributed by atoms with van der Waals surface area (Å²) < 4.78 is 13.8. The van der Waals surface area contributed by atoms with Crippen molar-refractivity contribution >= 4 is 22.8 Å². The minimum absolute atomic E-state index is 0.0476. The zero-order chi connectivity index (χ0) is 19.6. The third-order valence-electron chi connectivity index (χ3n) is 4.95. The second-order valence-electron chi connectivity index (χ2n) is 6.82. The standard InChI is InChI=1S/C16H17N7O5/c1-16(26)10(25)8(5-24)28-14(16)22-6-18-9-12(22)20-15(17)23-13(9)19-11(21-23)7-3-2-4-27-7/h2-4,6,8,10,14,24-26H,5H2,1H3,(H2,17,20)/t8-,10-,14-,16-/m1/s1. The summed E-state index contributed by atoms with van der Waals surface area (Å²) in [6.45, 7) is 0.967. The number of fused-ring (bicyclic) bond motifs is 3. The van der Waals surface area contributed by atoms with E-state index in [1.54, 1.807) is 12.1 Å². The van der Waals surface area contributed by atoms with Crippen LogP contribution in [-0.2, 0) is 4.74 Å². The first kappa shape index (κ1) is 17.1. The van der Waals surface area contributed by atoms with Crippen molar-refractivity contribution in [1.82, 2.24) is 29.1 Å². The zero-order valence-corrected chi connectivity index (χ0v) is 14.7. The number of nitrogens with zero attached hydrogens (tertiary/aromatic N) is 6. The molecule has 12 heteroatoms. The highest BCUT2D eigenvalue weighted by Crippen LogP contribution is 2.39. The van der Waals surface area contributed by atoms with Crippen LogP contribution in [0.4, 0.5) is 5.95 Å². The molecule has 0 amide bonds. The van der Waals surface area contributed by atoms with Gasteiger partial charge in [-0.1, -0.05) is 0 Å². The largest absolute Gasteiger partial charge is 0.461 e. The summed E-state index contributed by atoms with van der Waals surface area (Å²) in [5.74, 6) is 0.832. The molecule has 5 heterocycles. The predicted molar refractivity (Wildman–Crippen MR) is 93.8 cm³/mol. The predicted octanol–water partition coefficient (Wildman–Crippen LogP) is -0.682. The van der Waals surface area contributed by atoms with Crippen LogP contribution in [0.2, 0.25) is 0 Å². The molecular weight excluding hydrogens is 370 g/mol. The summed E-state index contributed by atoms with van der Waals surface area (Å²) in [7, 11) is 0. The number of furan rings is 1. The van der Waals surface area contributed by atoms with Crippen molar-refractivity contribution in [1.29, 1.82) is 0 Å². The van der Waals surface area contributed by atoms with Crippen LogP contribution in [0.5, 0.6) is 0 Å². The van der Waals surface area contributed by atoms with Gasteiger partial charge in [-0.15, -0.1) is 5.10 Å². The first-order valence-corrected chi connectivity index (χ1v) is 8.51. The fourth-order valence-electron chi connectivity index (χ4n) is 3.48. The summed E-state index contributed by atoms with van der Waals surface area (Å²) in [6.07, 6.45) is -0.359. The minimum atomic E-state index is -1.68. The molecule has 5 N–H and O–H groups in total. The van der Waals surface area contributed by atoms with Crippen LogP contribution >= 0.6 is 0 Å². The molecule has 12 nitrogen and oxygen atoms in total. The van der Waals surface area contributed by atoms with E-state index in [9.17, 15) is 15.3 Å². The van der Waals surface area contributed by atoms with E-state index in [2.05, 4.69) is 20.1 Å². The molecule has 1 aliphatic rings. The Morgan fingerprint density at radius 3 is 2.82 bits per heavy atom. The first-order valence-electron chi connectivity index (χ1n) is 8.51. The van der Waals surface area contributed by atoms with Gasteiger partial charge in [0.2, 0.25) is 11.8 Å². The summed E-state index contributed by atoms with van der Waals surface area (Å²) in [5, 5.41) is 34.7. The molecule has 4 atom stereocenters. The van der Waals surface area contributed by atoms with E-state index in [0.29, 0.717) is 28.4 Å². The lowest BCUT2D eigenvalue weighted by Gasteiger charge is -2.27. The maximum Gasteiger partial charge on any atom is 0.225 e. The van der Waals surface area contributed by atoms with Crippen LogP contribution in [0.25, 0.3) is 28.4 Å². The normalized spacial score (nSPS) is 27.9. The Balaban J connectivity index is 1.69. The molecule has 1 saturated heterocycles. The molecule has 0 spiro atoms. The topological polar surface area (TPSA) is 170 Å². The molecule has 0 bridgehead atoms. The highest BCUT2D eigenvalue weighted by Gasteiger charge is 2.53. The maximum absolute atomic E-state index is 10.7. The fourth-order valence-corrected chi connectivity index (χ4v) is 3.48. The molecule has 146 valence electrons. The minimum Gasteiger partial charge on any atom is -0.461 e. The fraction of sp³-hybridized carbons (Fsp3) is 0.375. The summed E-state index contributed by atoms with van der Waals surface area (Å²) in [5.41, 5.74) is 5.38. The van der Waals surface area contributed by atoms with E-state index in [-0.39, 0.29) is 5.95 Å². The van der Waals surface area contributed by atoms with Gasteiger partial charge in [0, 0.05) is 0 Å². The van der Waals surface area contributed by atoms with E-state index in [0.717, 1.165) is 0 Å². The van der Waals surface area contributed by atoms with Crippen LogP contribution in [0.1, 0.15) is 13.2 Å². The van der Waals surface area contributed by atoms with Crippen molar-refractivity contribution in [2.24, 2.45) is 0 Å². The van der Waals surface area contributed by atoms with Crippen molar-refractivity contribution < 1.29 is 24.5 Å². The highest BCUT2D eigenvalue weighted by molar-refractivity contribution is 5.87. The third kappa shape index (κ3) is 2.19. The summed E-state index contributed by atoms with van der Waals surface area (Å²) >= 11 is 0. The van der Waals surface area contributed by atoms with Gasteiger partial charge in [-0.2, -0.15) is 9.50 Å². The molecule has 0 radical (unpaired) electrons. The number of anilines is 1. The first-order chi connectivity index (χ1) is 13.4. The number of imidazole rings is 1. The van der Waals surface area contributed by atoms with Gasteiger partial charge >= 0.3 is 0 Å². The zero-order valence-electron chi connectivity index (χ0n) is 14.7. The number of nitrogens with two attached hydrogens (primary N) is 1. The average molecular weight is 387 g/mol. The molecule has 1 fully saturated rings. The number of rotatable bonds is 3. The Morgan fingerprint density at radius 1 is 1.32 bits per heavy atom. The second kappa shape index (κ2) is 5.72. The Bertz CT molecular complexity index is 1170. The molecule has 4 aromatic heterocycles. The van der Waals surface area contributed by atoms with Gasteiger partial charge in [-0.3, -0.25) is 4.57 Å². The van der Waals surface area contributed by atoms with Crippen LogP contribution in [0.15, 0.2) is 29.1 Å². The number of nitrogen functional groups attached to an aromatic ring is 1. The van der Waals surface area contributed by atoms with E-state index in [1.165, 1.54) is 28.6 Å². The second-order valence-corrected chi connectivity index (χ2v) is 6.82. The van der Waals surface area contributed by atoms with E-state index < -0.39 is 30.6 Å². The molecule has 28 heavy (non-hydrogen) atoms. The van der Waals surface area contributed by atoms with Crippen molar-refractivity contribution in [2.75, 3.05) is 12.3 Å². The van der Waals surface area contributed by atoms with Crippen LogP contribution < -0.4 is 5.73 Å². The van der Waals surface area contributed by atoms with Crippen molar-refractivity contribution in [3.8, 4) is 11.6 Å².